The molecule has 0 unspecified atom stereocenters. The van der Waals surface area contributed by atoms with Crippen LogP contribution in [0, 0.1) is 13.8 Å². The van der Waals surface area contributed by atoms with E-state index < -0.39 is 0 Å². The predicted molar refractivity (Wildman–Crippen MR) is 136 cm³/mol. The molecule has 162 valence electrons. The average Bonchev–Trinajstić information content (AvgIpc) is 2.97. The Balaban J connectivity index is 1.51. The van der Waals surface area contributed by atoms with Gasteiger partial charge >= 0.3 is 0 Å². The van der Waals surface area contributed by atoms with Gasteiger partial charge in [0.1, 0.15) is 0 Å². The summed E-state index contributed by atoms with van der Waals surface area (Å²) in [6.07, 6.45) is 0.583. The molecule has 1 heterocycles. The molecule has 6 heteroatoms. The van der Waals surface area contributed by atoms with E-state index in [1.54, 1.807) is 0 Å². The zero-order valence-electron chi connectivity index (χ0n) is 18.1. The fraction of sp³-hybridized carbons (Fsp3) is 0.192. The lowest BCUT2D eigenvalue weighted by Crippen LogP contribution is -2.25. The van der Waals surface area contributed by atoms with Crippen LogP contribution in [-0.2, 0) is 11.3 Å². The molecular weight excluding hydrogens is 438 g/mol. The van der Waals surface area contributed by atoms with E-state index >= 15 is 0 Å². The monoisotopic (exact) mass is 461 g/mol. The van der Waals surface area contributed by atoms with Crippen LogP contribution < -0.4 is 5.32 Å². The third kappa shape index (κ3) is 5.47. The van der Waals surface area contributed by atoms with Gasteiger partial charge in [-0.15, -0.1) is 11.8 Å². The van der Waals surface area contributed by atoms with Crippen molar-refractivity contribution < 1.29 is 4.79 Å². The average molecular weight is 462 g/mol. The summed E-state index contributed by atoms with van der Waals surface area (Å²) in [6.45, 7) is 4.57. The van der Waals surface area contributed by atoms with Gasteiger partial charge < -0.3 is 5.32 Å². The molecule has 0 atom stereocenters. The van der Waals surface area contributed by atoms with Crippen molar-refractivity contribution in [3.8, 4) is 0 Å². The molecule has 1 aliphatic rings. The van der Waals surface area contributed by atoms with Gasteiger partial charge in [-0.2, -0.15) is 0 Å². The van der Waals surface area contributed by atoms with Crippen LogP contribution in [-0.4, -0.2) is 22.4 Å². The Morgan fingerprint density at radius 3 is 2.34 bits per heavy atom. The Bertz CT molecular complexity index is 1200. The summed E-state index contributed by atoms with van der Waals surface area (Å²) in [6, 6.07) is 21.8. The number of rotatable bonds is 5. The van der Waals surface area contributed by atoms with Gasteiger partial charge in [0.25, 0.3) is 0 Å². The van der Waals surface area contributed by atoms with Gasteiger partial charge in [0.2, 0.25) is 5.91 Å². The Kier molecular flexibility index (Phi) is 7.08. The lowest BCUT2D eigenvalue weighted by Gasteiger charge is -2.09. The van der Waals surface area contributed by atoms with Crippen LogP contribution in [0.15, 0.2) is 76.7 Å². The molecule has 4 nitrogen and oxygen atoms in total. The molecule has 3 aromatic carbocycles. The largest absolute Gasteiger partial charge is 0.351 e. The number of aryl methyl sites for hydroxylation is 2. The summed E-state index contributed by atoms with van der Waals surface area (Å²) < 4.78 is 0. The van der Waals surface area contributed by atoms with Gasteiger partial charge in [0.05, 0.1) is 27.9 Å². The predicted octanol–water partition coefficient (Wildman–Crippen LogP) is 6.56. The summed E-state index contributed by atoms with van der Waals surface area (Å²) in [4.78, 5) is 22.3. The minimum atomic E-state index is -0.0552. The van der Waals surface area contributed by atoms with E-state index in [4.69, 9.17) is 21.6 Å². The highest BCUT2D eigenvalue weighted by Gasteiger charge is 2.17. The number of nitrogens with zero attached hydrogens (tertiary/aromatic N) is 2. The first-order valence-corrected chi connectivity index (χ1v) is 11.8. The minimum Gasteiger partial charge on any atom is -0.351 e. The summed E-state index contributed by atoms with van der Waals surface area (Å²) in [5.41, 5.74) is 6.99. The molecule has 0 aliphatic carbocycles. The third-order valence-electron chi connectivity index (χ3n) is 5.32. The molecule has 0 radical (unpaired) electrons. The van der Waals surface area contributed by atoms with E-state index in [1.807, 2.05) is 42.5 Å². The van der Waals surface area contributed by atoms with Gasteiger partial charge in [-0.1, -0.05) is 60.1 Å². The summed E-state index contributed by atoms with van der Waals surface area (Å²) in [5.74, 6) is 0.228. The van der Waals surface area contributed by atoms with Crippen molar-refractivity contribution in [2.24, 2.45) is 9.98 Å². The second-order valence-electron chi connectivity index (χ2n) is 7.69. The Morgan fingerprint density at radius 2 is 1.62 bits per heavy atom. The Labute approximate surface area is 197 Å². The molecule has 1 amide bonds. The minimum absolute atomic E-state index is 0.0552. The highest BCUT2D eigenvalue weighted by Crippen LogP contribution is 2.36. The normalized spacial score (nSPS) is 13.0. The quantitative estimate of drug-likeness (QED) is 0.467. The maximum Gasteiger partial charge on any atom is 0.230 e. The number of aliphatic imine (C=N–C) groups is 2. The number of amides is 1. The number of halogens is 1. The second kappa shape index (κ2) is 10.2. The smallest absolute Gasteiger partial charge is 0.230 e. The van der Waals surface area contributed by atoms with Gasteiger partial charge in [-0.3, -0.25) is 9.79 Å². The van der Waals surface area contributed by atoms with Gasteiger partial charge in [0.15, 0.2) is 0 Å². The van der Waals surface area contributed by atoms with Crippen LogP contribution in [0.25, 0.3) is 0 Å². The maximum atomic E-state index is 12.5. The molecule has 0 saturated carbocycles. The SMILES string of the molecule is Cc1cc2c(cc1C)N=C(c1ccccc1)CC(SCC(=O)NCc1ccccc1Cl)=N2. The molecule has 1 N–H and O–H groups in total. The fourth-order valence-corrected chi connectivity index (χ4v) is 4.39. The van der Waals surface area contributed by atoms with Crippen molar-refractivity contribution >= 4 is 51.4 Å². The molecule has 0 aromatic heterocycles. The highest BCUT2D eigenvalue weighted by atomic mass is 35.5. The van der Waals surface area contributed by atoms with E-state index in [1.165, 1.54) is 22.9 Å². The molecule has 32 heavy (non-hydrogen) atoms. The van der Waals surface area contributed by atoms with E-state index in [2.05, 4.69) is 43.4 Å². The lowest BCUT2D eigenvalue weighted by atomic mass is 10.1. The number of fused-ring (bicyclic) bond motifs is 1. The number of benzene rings is 3. The van der Waals surface area contributed by atoms with Crippen molar-refractivity contribution in [3.05, 3.63) is 94.0 Å². The van der Waals surface area contributed by atoms with Gasteiger partial charge in [0, 0.05) is 18.0 Å². The second-order valence-corrected chi connectivity index (χ2v) is 9.14. The Hall–Kier alpha value is -2.89. The summed E-state index contributed by atoms with van der Waals surface area (Å²) >= 11 is 7.64. The zero-order valence-corrected chi connectivity index (χ0v) is 19.6. The standard InChI is InChI=1S/C26H24ClN3OS/c1-17-12-23-24(13-18(17)2)30-26(14-22(29-23)19-8-4-3-5-9-19)32-16-25(31)28-15-20-10-6-7-11-21(20)27/h3-13H,14-16H2,1-2H3,(H,28,31). The molecular formula is C26H24ClN3OS. The molecule has 0 saturated heterocycles. The van der Waals surface area contributed by atoms with Crippen LogP contribution in [0.4, 0.5) is 11.4 Å². The van der Waals surface area contributed by atoms with Crippen LogP contribution in [0.5, 0.6) is 0 Å². The third-order valence-corrected chi connectivity index (χ3v) is 6.66. The summed E-state index contributed by atoms with van der Waals surface area (Å²) in [7, 11) is 0. The number of carbonyl (C=O) groups excluding carboxylic acids is 1. The van der Waals surface area contributed by atoms with Crippen molar-refractivity contribution in [3.63, 3.8) is 0 Å². The molecule has 0 bridgehead atoms. The van der Waals surface area contributed by atoms with Crippen LogP contribution in [0.1, 0.15) is 28.7 Å². The lowest BCUT2D eigenvalue weighted by molar-refractivity contribution is -0.118. The zero-order chi connectivity index (χ0) is 22.5. The van der Waals surface area contributed by atoms with Crippen molar-refractivity contribution in [1.82, 2.24) is 5.32 Å². The van der Waals surface area contributed by atoms with Crippen molar-refractivity contribution in [2.45, 2.75) is 26.8 Å². The summed E-state index contributed by atoms with van der Waals surface area (Å²) in [5, 5.41) is 4.47. The number of hydrogen-bond donors (Lipinski definition) is 1. The van der Waals surface area contributed by atoms with E-state index in [9.17, 15) is 4.79 Å². The first kappa shape index (κ1) is 22.3. The van der Waals surface area contributed by atoms with Crippen molar-refractivity contribution in [1.29, 1.82) is 0 Å². The molecule has 0 spiro atoms. The molecule has 0 fully saturated rings. The molecule has 4 rings (SSSR count). The highest BCUT2D eigenvalue weighted by molar-refractivity contribution is 8.14. The Morgan fingerprint density at radius 1 is 0.969 bits per heavy atom. The van der Waals surface area contributed by atoms with E-state index in [0.29, 0.717) is 18.0 Å². The first-order chi connectivity index (χ1) is 15.5. The van der Waals surface area contributed by atoms with E-state index in [-0.39, 0.29) is 11.7 Å². The number of carbonyl (C=O) groups is 1. The number of thioether (sulfide) groups is 1. The van der Waals surface area contributed by atoms with Crippen molar-refractivity contribution in [2.75, 3.05) is 5.75 Å². The van der Waals surface area contributed by atoms with E-state index in [0.717, 1.165) is 33.3 Å². The van der Waals surface area contributed by atoms with Gasteiger partial charge in [-0.25, -0.2) is 4.99 Å². The first-order valence-electron chi connectivity index (χ1n) is 10.4. The van der Waals surface area contributed by atoms with Crippen LogP contribution in [0.2, 0.25) is 5.02 Å². The fourth-order valence-electron chi connectivity index (χ4n) is 3.38. The number of hydrogen-bond acceptors (Lipinski definition) is 4. The molecule has 3 aromatic rings. The van der Waals surface area contributed by atoms with Crippen LogP contribution in [0.3, 0.4) is 0 Å². The topological polar surface area (TPSA) is 53.8 Å². The number of nitrogens with one attached hydrogen (secondary N) is 1. The van der Waals surface area contributed by atoms with Crippen LogP contribution >= 0.6 is 23.4 Å². The molecule has 1 aliphatic heterocycles. The maximum absolute atomic E-state index is 12.5. The van der Waals surface area contributed by atoms with Gasteiger partial charge in [-0.05, 0) is 54.3 Å².